The van der Waals surface area contributed by atoms with Gasteiger partial charge in [0.15, 0.2) is 0 Å². The van der Waals surface area contributed by atoms with E-state index in [2.05, 4.69) is 16.0 Å². The van der Waals surface area contributed by atoms with E-state index >= 15 is 0 Å². The topological polar surface area (TPSA) is 41.9 Å². The molecule has 2 N–H and O–H groups in total. The fourth-order valence-electron chi connectivity index (χ4n) is 0.961. The molecule has 0 spiro atoms. The van der Waals surface area contributed by atoms with E-state index in [0.29, 0.717) is 0 Å². The molecule has 1 aromatic heterocycles. The summed E-state index contributed by atoms with van der Waals surface area (Å²) in [6.07, 6.45) is 2.05. The first kappa shape index (κ1) is 4.81. The fraction of sp³-hybridized carbons (Fsp3) is 0.400. The third kappa shape index (κ3) is 0.533. The smallest absolute Gasteiger partial charge is 0.140 e. The molecule has 0 aromatic carbocycles. The summed E-state index contributed by atoms with van der Waals surface area (Å²) in [4.78, 5) is 0. The Kier molecular flexibility index (Phi) is 0.790. The molecule has 4 nitrogen and oxygen atoms in total. The van der Waals surface area contributed by atoms with Gasteiger partial charge in [0.2, 0.25) is 0 Å². The molecule has 1 aromatic rings. The summed E-state index contributed by atoms with van der Waals surface area (Å²) < 4.78 is 1.89. The van der Waals surface area contributed by atoms with Crippen molar-refractivity contribution in [3.63, 3.8) is 0 Å². The molecule has 1 aliphatic rings. The molecule has 0 amide bonds. The predicted molar refractivity (Wildman–Crippen MR) is 33.7 cm³/mol. The summed E-state index contributed by atoms with van der Waals surface area (Å²) in [6, 6.07) is 1.93. The third-order valence-electron chi connectivity index (χ3n) is 1.45. The summed E-state index contributed by atoms with van der Waals surface area (Å²) in [6.45, 7) is 2.04. The number of hydrazine groups is 1. The van der Waals surface area contributed by atoms with Crippen molar-refractivity contribution in [2.45, 2.75) is 13.1 Å². The summed E-state index contributed by atoms with van der Waals surface area (Å²) in [5, 5.41) is 4.07. The minimum Gasteiger partial charge on any atom is -0.304 e. The van der Waals surface area contributed by atoms with Crippen molar-refractivity contribution in [3.05, 3.63) is 12.3 Å². The average molecular weight is 124 g/mol. The highest BCUT2D eigenvalue weighted by atomic mass is 15.6. The van der Waals surface area contributed by atoms with Gasteiger partial charge in [0.25, 0.3) is 0 Å². The largest absolute Gasteiger partial charge is 0.304 e. The van der Waals surface area contributed by atoms with Gasteiger partial charge in [-0.2, -0.15) is 5.10 Å². The standard InChI is InChI=1S/C5H8N4/c1-4-7-8-5-2-3-6-9(4)5/h2-4,7-8H,1H3. The van der Waals surface area contributed by atoms with E-state index in [-0.39, 0.29) is 6.17 Å². The molecule has 0 fully saturated rings. The van der Waals surface area contributed by atoms with Gasteiger partial charge < -0.3 is 5.43 Å². The average Bonchev–Trinajstić information content (AvgIpc) is 2.35. The van der Waals surface area contributed by atoms with Crippen LogP contribution in [0.25, 0.3) is 0 Å². The Bertz CT molecular complexity index is 216. The number of hydrogen-bond donors (Lipinski definition) is 2. The summed E-state index contributed by atoms with van der Waals surface area (Å²) in [5.74, 6) is 1.03. The van der Waals surface area contributed by atoms with Crippen molar-refractivity contribution in [2.24, 2.45) is 0 Å². The van der Waals surface area contributed by atoms with Crippen molar-refractivity contribution in [2.75, 3.05) is 5.43 Å². The Balaban J connectivity index is 2.49. The highest BCUT2D eigenvalue weighted by Gasteiger charge is 2.14. The van der Waals surface area contributed by atoms with Gasteiger partial charge in [0, 0.05) is 6.07 Å². The molecule has 0 saturated heterocycles. The maximum absolute atomic E-state index is 4.07. The highest BCUT2D eigenvalue weighted by molar-refractivity contribution is 5.35. The van der Waals surface area contributed by atoms with Crippen LogP contribution in [-0.2, 0) is 0 Å². The quantitative estimate of drug-likeness (QED) is 0.523. The van der Waals surface area contributed by atoms with Crippen LogP contribution in [0.4, 0.5) is 5.82 Å². The van der Waals surface area contributed by atoms with Gasteiger partial charge in [-0.3, -0.25) is 0 Å². The zero-order valence-electron chi connectivity index (χ0n) is 5.13. The SMILES string of the molecule is CC1NNc2ccnn21. The first-order valence-electron chi connectivity index (χ1n) is 2.93. The number of fused-ring (bicyclic) bond motifs is 1. The van der Waals surface area contributed by atoms with E-state index in [1.54, 1.807) is 6.20 Å². The van der Waals surface area contributed by atoms with Crippen molar-refractivity contribution in [1.29, 1.82) is 0 Å². The Labute approximate surface area is 52.8 Å². The Morgan fingerprint density at radius 1 is 1.78 bits per heavy atom. The van der Waals surface area contributed by atoms with E-state index in [9.17, 15) is 0 Å². The molecule has 0 saturated carbocycles. The van der Waals surface area contributed by atoms with Gasteiger partial charge in [-0.15, -0.1) is 0 Å². The normalized spacial score (nSPS) is 23.4. The van der Waals surface area contributed by atoms with Crippen LogP contribution in [0, 0.1) is 0 Å². The van der Waals surface area contributed by atoms with Gasteiger partial charge in [-0.25, -0.2) is 10.1 Å². The molecule has 1 atom stereocenters. The van der Waals surface area contributed by atoms with Crippen molar-refractivity contribution < 1.29 is 0 Å². The Hall–Kier alpha value is -1.03. The van der Waals surface area contributed by atoms with Crippen LogP contribution in [0.5, 0.6) is 0 Å². The molecular weight excluding hydrogens is 116 g/mol. The second kappa shape index (κ2) is 1.48. The molecule has 2 heterocycles. The van der Waals surface area contributed by atoms with Crippen molar-refractivity contribution in [1.82, 2.24) is 15.2 Å². The monoisotopic (exact) mass is 124 g/mol. The molecular formula is C5H8N4. The molecule has 9 heavy (non-hydrogen) atoms. The Morgan fingerprint density at radius 3 is 3.44 bits per heavy atom. The lowest BCUT2D eigenvalue weighted by Gasteiger charge is -2.00. The fourth-order valence-corrected chi connectivity index (χ4v) is 0.961. The van der Waals surface area contributed by atoms with Crippen LogP contribution in [0.1, 0.15) is 13.1 Å². The van der Waals surface area contributed by atoms with Crippen LogP contribution in [0.2, 0.25) is 0 Å². The predicted octanol–water partition coefficient (Wildman–Crippen LogP) is 0.332. The lowest BCUT2D eigenvalue weighted by Crippen LogP contribution is -2.18. The van der Waals surface area contributed by atoms with Gasteiger partial charge in [-0.05, 0) is 6.92 Å². The number of nitrogens with zero attached hydrogens (tertiary/aromatic N) is 2. The van der Waals surface area contributed by atoms with Crippen LogP contribution in [0.3, 0.4) is 0 Å². The molecule has 1 aliphatic heterocycles. The van der Waals surface area contributed by atoms with Gasteiger partial charge >= 0.3 is 0 Å². The minimum absolute atomic E-state index is 0.273. The number of nitrogens with one attached hydrogen (secondary N) is 2. The summed E-state index contributed by atoms with van der Waals surface area (Å²) in [5.41, 5.74) is 6.00. The van der Waals surface area contributed by atoms with E-state index in [4.69, 9.17) is 0 Å². The molecule has 0 bridgehead atoms. The van der Waals surface area contributed by atoms with E-state index in [0.717, 1.165) is 5.82 Å². The number of aromatic nitrogens is 2. The molecule has 0 radical (unpaired) electrons. The van der Waals surface area contributed by atoms with Crippen LogP contribution in [-0.4, -0.2) is 9.78 Å². The van der Waals surface area contributed by atoms with E-state index < -0.39 is 0 Å². The second-order valence-corrected chi connectivity index (χ2v) is 2.11. The lowest BCUT2D eigenvalue weighted by molar-refractivity contribution is 0.484. The van der Waals surface area contributed by atoms with Gasteiger partial charge in [0.1, 0.15) is 12.0 Å². The maximum atomic E-state index is 4.07. The second-order valence-electron chi connectivity index (χ2n) is 2.11. The first-order chi connectivity index (χ1) is 4.38. The van der Waals surface area contributed by atoms with E-state index in [1.165, 1.54) is 0 Å². The van der Waals surface area contributed by atoms with Gasteiger partial charge in [-0.1, -0.05) is 0 Å². The number of rotatable bonds is 0. The van der Waals surface area contributed by atoms with Gasteiger partial charge in [0.05, 0.1) is 6.20 Å². The molecule has 48 valence electrons. The number of hydrogen-bond acceptors (Lipinski definition) is 3. The van der Waals surface area contributed by atoms with Crippen LogP contribution in [0.15, 0.2) is 12.3 Å². The lowest BCUT2D eigenvalue weighted by atomic mass is 10.6. The third-order valence-corrected chi connectivity index (χ3v) is 1.45. The van der Waals surface area contributed by atoms with Crippen LogP contribution < -0.4 is 10.9 Å². The zero-order chi connectivity index (χ0) is 6.27. The summed E-state index contributed by atoms with van der Waals surface area (Å²) >= 11 is 0. The minimum atomic E-state index is 0.273. The first-order valence-corrected chi connectivity index (χ1v) is 2.93. The molecule has 2 rings (SSSR count). The highest BCUT2D eigenvalue weighted by Crippen LogP contribution is 2.15. The maximum Gasteiger partial charge on any atom is 0.140 e. The van der Waals surface area contributed by atoms with Crippen LogP contribution >= 0.6 is 0 Å². The van der Waals surface area contributed by atoms with Crippen molar-refractivity contribution in [3.8, 4) is 0 Å². The zero-order valence-corrected chi connectivity index (χ0v) is 5.13. The summed E-state index contributed by atoms with van der Waals surface area (Å²) in [7, 11) is 0. The number of anilines is 1. The molecule has 1 unspecified atom stereocenters. The van der Waals surface area contributed by atoms with E-state index in [1.807, 2.05) is 17.7 Å². The molecule has 4 heteroatoms. The Morgan fingerprint density at radius 2 is 2.67 bits per heavy atom. The molecule has 0 aliphatic carbocycles. The van der Waals surface area contributed by atoms with Crippen molar-refractivity contribution >= 4 is 5.82 Å².